The summed E-state index contributed by atoms with van der Waals surface area (Å²) in [6.07, 6.45) is 1.34. The van der Waals surface area contributed by atoms with Crippen LogP contribution in [0.2, 0.25) is 0 Å². The molecule has 0 heterocycles. The topological polar surface area (TPSA) is 83.1 Å². The Morgan fingerprint density at radius 2 is 1.62 bits per heavy atom. The van der Waals surface area contributed by atoms with Crippen molar-refractivity contribution in [1.29, 1.82) is 0 Å². The molecule has 0 radical (unpaired) electrons. The number of benzene rings is 3. The third kappa shape index (κ3) is 6.38. The lowest BCUT2D eigenvalue weighted by molar-refractivity contribution is -0.138. The van der Waals surface area contributed by atoms with Crippen LogP contribution in [0.3, 0.4) is 0 Å². The highest BCUT2D eigenvalue weighted by atomic mass is 16.5. The van der Waals surface area contributed by atoms with Crippen molar-refractivity contribution < 1.29 is 28.5 Å². The van der Waals surface area contributed by atoms with Crippen LogP contribution < -0.4 is 19.5 Å². The third-order valence-electron chi connectivity index (χ3n) is 4.88. The van der Waals surface area contributed by atoms with E-state index in [-0.39, 0.29) is 17.7 Å². The normalized spacial score (nSPS) is 10.9. The zero-order valence-corrected chi connectivity index (χ0v) is 19.4. The second kappa shape index (κ2) is 12.1. The first-order valence-corrected chi connectivity index (χ1v) is 10.7. The molecular formula is C27H27NO6. The summed E-state index contributed by atoms with van der Waals surface area (Å²) in [4.78, 5) is 25.7. The van der Waals surface area contributed by atoms with Crippen LogP contribution in [0.25, 0.3) is 0 Å². The third-order valence-corrected chi connectivity index (χ3v) is 4.88. The maximum atomic E-state index is 13.2. The predicted molar refractivity (Wildman–Crippen MR) is 129 cm³/mol. The maximum Gasteiger partial charge on any atom is 0.343 e. The molecule has 0 aliphatic carbocycles. The van der Waals surface area contributed by atoms with Gasteiger partial charge in [0, 0.05) is 17.5 Å². The van der Waals surface area contributed by atoms with Crippen LogP contribution in [-0.4, -0.2) is 32.6 Å². The molecule has 0 saturated carbocycles. The fraction of sp³-hybridized carbons (Fsp3) is 0.185. The van der Waals surface area contributed by atoms with E-state index in [1.807, 2.05) is 30.3 Å². The molecule has 0 amide bonds. The van der Waals surface area contributed by atoms with Crippen LogP contribution in [-0.2, 0) is 16.1 Å². The van der Waals surface area contributed by atoms with Crippen LogP contribution in [0.5, 0.6) is 17.2 Å². The van der Waals surface area contributed by atoms with Gasteiger partial charge in [-0.25, -0.2) is 4.79 Å². The number of ketones is 1. The van der Waals surface area contributed by atoms with Gasteiger partial charge in [0.2, 0.25) is 5.78 Å². The van der Waals surface area contributed by atoms with Gasteiger partial charge in [-0.15, -0.1) is 0 Å². The average Bonchev–Trinajstić information content (AvgIpc) is 2.88. The summed E-state index contributed by atoms with van der Waals surface area (Å²) in [7, 11) is 3.07. The standard InChI is InChI=1S/C27H27NO6/c1-4-33-27(30)23(17-28-21-11-13-22(31-2)14-12-21)26(29)20-10-15-24(25(16-20)32-3)34-18-19-8-6-5-7-9-19/h5-17,28H,4,18H2,1-3H3. The number of methoxy groups -OCH3 is 2. The number of hydrogen-bond donors (Lipinski definition) is 1. The molecule has 0 atom stereocenters. The average molecular weight is 462 g/mol. The van der Waals surface area contributed by atoms with Crippen molar-refractivity contribution in [2.75, 3.05) is 26.1 Å². The molecule has 0 fully saturated rings. The van der Waals surface area contributed by atoms with Crippen molar-refractivity contribution in [1.82, 2.24) is 0 Å². The molecule has 3 aromatic carbocycles. The van der Waals surface area contributed by atoms with Crippen molar-refractivity contribution in [2.24, 2.45) is 0 Å². The minimum atomic E-state index is -0.725. The molecule has 1 N–H and O–H groups in total. The van der Waals surface area contributed by atoms with E-state index in [9.17, 15) is 9.59 Å². The molecule has 0 aliphatic heterocycles. The Morgan fingerprint density at radius 1 is 0.882 bits per heavy atom. The Morgan fingerprint density at radius 3 is 2.26 bits per heavy atom. The highest BCUT2D eigenvalue weighted by Gasteiger charge is 2.22. The lowest BCUT2D eigenvalue weighted by Crippen LogP contribution is -2.17. The number of esters is 1. The van der Waals surface area contributed by atoms with E-state index in [1.165, 1.54) is 13.3 Å². The number of rotatable bonds is 11. The van der Waals surface area contributed by atoms with E-state index in [1.54, 1.807) is 56.5 Å². The Labute approximate surface area is 198 Å². The molecule has 3 rings (SSSR count). The minimum absolute atomic E-state index is 0.140. The molecule has 0 spiro atoms. The van der Waals surface area contributed by atoms with Gasteiger partial charge in [0.15, 0.2) is 11.5 Å². The number of carbonyl (C=O) groups is 2. The lowest BCUT2D eigenvalue weighted by atomic mass is 10.0. The van der Waals surface area contributed by atoms with E-state index in [4.69, 9.17) is 18.9 Å². The Balaban J connectivity index is 1.82. The van der Waals surface area contributed by atoms with Crippen molar-refractivity contribution in [3.63, 3.8) is 0 Å². The molecular weight excluding hydrogens is 434 g/mol. The summed E-state index contributed by atoms with van der Waals surface area (Å²) in [6.45, 7) is 2.17. The largest absolute Gasteiger partial charge is 0.497 e. The van der Waals surface area contributed by atoms with E-state index < -0.39 is 11.8 Å². The summed E-state index contributed by atoms with van der Waals surface area (Å²) in [5, 5.41) is 2.97. The molecule has 7 heteroatoms. The molecule has 176 valence electrons. The zero-order chi connectivity index (χ0) is 24.3. The van der Waals surface area contributed by atoms with Crippen LogP contribution >= 0.6 is 0 Å². The Hall–Kier alpha value is -4.26. The summed E-state index contributed by atoms with van der Waals surface area (Å²) in [6, 6.07) is 21.6. The smallest absolute Gasteiger partial charge is 0.343 e. The van der Waals surface area contributed by atoms with Gasteiger partial charge in [-0.3, -0.25) is 4.79 Å². The van der Waals surface area contributed by atoms with Crippen LogP contribution in [0.1, 0.15) is 22.8 Å². The molecule has 34 heavy (non-hydrogen) atoms. The van der Waals surface area contributed by atoms with Crippen molar-refractivity contribution in [2.45, 2.75) is 13.5 Å². The first-order chi connectivity index (χ1) is 16.5. The first kappa shape index (κ1) is 24.4. The Bertz CT molecular complexity index is 1140. The molecule has 0 aliphatic rings. The molecule has 0 saturated heterocycles. The number of hydrogen-bond acceptors (Lipinski definition) is 7. The van der Waals surface area contributed by atoms with Gasteiger partial charge in [0.1, 0.15) is 17.9 Å². The van der Waals surface area contributed by atoms with Gasteiger partial charge in [0.25, 0.3) is 0 Å². The van der Waals surface area contributed by atoms with Gasteiger partial charge in [-0.05, 0) is 55.0 Å². The van der Waals surface area contributed by atoms with E-state index in [0.717, 1.165) is 5.56 Å². The summed E-state index contributed by atoms with van der Waals surface area (Å²) in [5.41, 5.74) is 1.80. The van der Waals surface area contributed by atoms with Gasteiger partial charge in [-0.2, -0.15) is 0 Å². The van der Waals surface area contributed by atoms with Gasteiger partial charge >= 0.3 is 5.97 Å². The SMILES string of the molecule is CCOC(=O)C(=CNc1ccc(OC)cc1)C(=O)c1ccc(OCc2ccccc2)c(OC)c1. The lowest BCUT2D eigenvalue weighted by Gasteiger charge is -2.13. The Kier molecular flexibility index (Phi) is 8.68. The van der Waals surface area contributed by atoms with Crippen LogP contribution in [0.15, 0.2) is 84.6 Å². The predicted octanol–water partition coefficient (Wildman–Crippen LogP) is 5.02. The van der Waals surface area contributed by atoms with E-state index >= 15 is 0 Å². The highest BCUT2D eigenvalue weighted by Crippen LogP contribution is 2.30. The highest BCUT2D eigenvalue weighted by molar-refractivity contribution is 6.24. The molecule has 7 nitrogen and oxygen atoms in total. The quantitative estimate of drug-likeness (QED) is 0.141. The number of carbonyl (C=O) groups excluding carboxylic acids is 2. The summed E-state index contributed by atoms with van der Waals surface area (Å²) >= 11 is 0. The van der Waals surface area contributed by atoms with Crippen molar-refractivity contribution >= 4 is 17.4 Å². The van der Waals surface area contributed by atoms with E-state index in [2.05, 4.69) is 5.32 Å². The minimum Gasteiger partial charge on any atom is -0.497 e. The molecule has 0 unspecified atom stereocenters. The number of ether oxygens (including phenoxy) is 4. The van der Waals surface area contributed by atoms with Gasteiger partial charge in [0.05, 0.1) is 20.8 Å². The van der Waals surface area contributed by atoms with Crippen LogP contribution in [0, 0.1) is 0 Å². The molecule has 0 bridgehead atoms. The fourth-order valence-corrected chi connectivity index (χ4v) is 3.09. The second-order valence-corrected chi connectivity index (χ2v) is 7.12. The summed E-state index contributed by atoms with van der Waals surface area (Å²) in [5.74, 6) is 0.330. The summed E-state index contributed by atoms with van der Waals surface area (Å²) < 4.78 is 21.5. The number of Topliss-reactive ketones (excluding diaryl/α,β-unsaturated/α-hetero) is 1. The van der Waals surface area contributed by atoms with E-state index in [0.29, 0.717) is 29.5 Å². The molecule has 3 aromatic rings. The van der Waals surface area contributed by atoms with Crippen molar-refractivity contribution in [3.8, 4) is 17.2 Å². The van der Waals surface area contributed by atoms with Crippen molar-refractivity contribution in [3.05, 3.63) is 95.7 Å². The number of anilines is 1. The van der Waals surface area contributed by atoms with Gasteiger partial charge in [-0.1, -0.05) is 30.3 Å². The van der Waals surface area contributed by atoms with Crippen LogP contribution in [0.4, 0.5) is 5.69 Å². The zero-order valence-electron chi connectivity index (χ0n) is 19.4. The monoisotopic (exact) mass is 461 g/mol. The fourth-order valence-electron chi connectivity index (χ4n) is 3.09. The van der Waals surface area contributed by atoms with Gasteiger partial charge < -0.3 is 24.3 Å². The number of nitrogens with one attached hydrogen (secondary N) is 1. The molecule has 0 aromatic heterocycles. The maximum absolute atomic E-state index is 13.2. The second-order valence-electron chi connectivity index (χ2n) is 7.12. The first-order valence-electron chi connectivity index (χ1n) is 10.7.